The number of nitrogens with zero attached hydrogens (tertiary/aromatic N) is 1. The highest BCUT2D eigenvalue weighted by Gasteiger charge is 2.68. The fourth-order valence-electron chi connectivity index (χ4n) is 8.27. The van der Waals surface area contributed by atoms with Crippen molar-refractivity contribution in [2.45, 2.75) is 77.1 Å². The summed E-state index contributed by atoms with van der Waals surface area (Å²) in [6, 6.07) is 5.83. The average molecular weight is 542 g/mol. The van der Waals surface area contributed by atoms with Gasteiger partial charge in [0, 0.05) is 18.3 Å². The fourth-order valence-corrected chi connectivity index (χ4v) is 8.27. The van der Waals surface area contributed by atoms with Crippen molar-refractivity contribution in [1.29, 1.82) is 0 Å². The molecule has 10 nitrogen and oxygen atoms in total. The van der Waals surface area contributed by atoms with Gasteiger partial charge < -0.3 is 19.8 Å². The van der Waals surface area contributed by atoms with Crippen LogP contribution in [0, 0.1) is 38.7 Å². The van der Waals surface area contributed by atoms with Crippen LogP contribution in [-0.2, 0) is 25.8 Å². The summed E-state index contributed by atoms with van der Waals surface area (Å²) in [5.74, 6) is -1.02. The van der Waals surface area contributed by atoms with Crippen LogP contribution in [0.15, 0.2) is 35.9 Å². The third-order valence-electron chi connectivity index (χ3n) is 10.3. The smallest absolute Gasteiger partial charge is 0.338 e. The van der Waals surface area contributed by atoms with E-state index in [0.29, 0.717) is 37.7 Å². The zero-order chi connectivity index (χ0) is 28.2. The summed E-state index contributed by atoms with van der Waals surface area (Å²) in [7, 11) is 0. The molecule has 1 aromatic rings. The monoisotopic (exact) mass is 541 g/mol. The third-order valence-corrected chi connectivity index (χ3v) is 10.3. The Balaban J connectivity index is 1.28. The van der Waals surface area contributed by atoms with Crippen molar-refractivity contribution in [2.24, 2.45) is 28.6 Å². The SMILES string of the molecule is C[C@]12CCC(=O)CC1=CCC1C2[C@@H](O)C[C@@]2(C)C1CC[C@]2(O)C(=O)COC(=O)c1ccc(CO[N+](=O)[O-])cc1. The van der Waals surface area contributed by atoms with Crippen LogP contribution in [0.2, 0.25) is 0 Å². The molecule has 10 heteroatoms. The van der Waals surface area contributed by atoms with Crippen molar-refractivity contribution >= 4 is 17.5 Å². The molecule has 4 aliphatic carbocycles. The topological polar surface area (TPSA) is 153 Å². The van der Waals surface area contributed by atoms with Crippen molar-refractivity contribution in [3.8, 4) is 0 Å². The van der Waals surface area contributed by atoms with Gasteiger partial charge >= 0.3 is 5.97 Å². The largest absolute Gasteiger partial charge is 0.454 e. The summed E-state index contributed by atoms with van der Waals surface area (Å²) in [6.07, 6.45) is 4.93. The molecule has 0 bridgehead atoms. The molecule has 5 rings (SSSR count). The van der Waals surface area contributed by atoms with E-state index < -0.39 is 40.6 Å². The highest BCUT2D eigenvalue weighted by Crippen LogP contribution is 2.67. The van der Waals surface area contributed by atoms with Gasteiger partial charge in [-0.15, -0.1) is 10.1 Å². The number of aliphatic hydroxyl groups is 2. The molecule has 39 heavy (non-hydrogen) atoms. The van der Waals surface area contributed by atoms with Crippen LogP contribution in [0.5, 0.6) is 0 Å². The molecule has 1 aromatic carbocycles. The molecule has 0 saturated heterocycles. The lowest BCUT2D eigenvalue weighted by atomic mass is 9.46. The van der Waals surface area contributed by atoms with Crippen LogP contribution >= 0.6 is 0 Å². The van der Waals surface area contributed by atoms with Crippen LogP contribution in [0.3, 0.4) is 0 Å². The van der Waals surface area contributed by atoms with E-state index in [9.17, 15) is 34.7 Å². The number of allylic oxidation sites excluding steroid dienone is 2. The number of aliphatic hydroxyl groups excluding tert-OH is 1. The molecule has 7 atom stereocenters. The average Bonchev–Trinajstić information content (AvgIpc) is 3.17. The number of fused-ring (bicyclic) bond motifs is 5. The molecule has 0 spiro atoms. The predicted octanol–water partition coefficient (Wildman–Crippen LogP) is 3.35. The van der Waals surface area contributed by atoms with Gasteiger partial charge in [0.1, 0.15) is 18.0 Å². The number of Topliss-reactive ketones (excluding diaryl/α,β-unsaturated/α-hetero) is 2. The van der Waals surface area contributed by atoms with E-state index in [-0.39, 0.29) is 54.0 Å². The van der Waals surface area contributed by atoms with Crippen molar-refractivity contribution in [3.05, 3.63) is 57.2 Å². The second-order valence-corrected chi connectivity index (χ2v) is 12.2. The Morgan fingerprint density at radius 1 is 1.18 bits per heavy atom. The van der Waals surface area contributed by atoms with E-state index in [1.165, 1.54) is 24.3 Å². The molecule has 0 radical (unpaired) electrons. The Hall–Kier alpha value is -3.11. The van der Waals surface area contributed by atoms with Crippen LogP contribution in [-0.4, -0.2) is 51.1 Å². The highest BCUT2D eigenvalue weighted by atomic mass is 16.9. The molecule has 3 saturated carbocycles. The molecule has 0 aliphatic heterocycles. The Labute approximate surface area is 226 Å². The van der Waals surface area contributed by atoms with Crippen molar-refractivity contribution in [1.82, 2.24) is 0 Å². The van der Waals surface area contributed by atoms with Gasteiger partial charge in [-0.25, -0.2) is 4.79 Å². The molecule has 210 valence electrons. The second kappa shape index (κ2) is 9.82. The van der Waals surface area contributed by atoms with Crippen molar-refractivity contribution in [3.63, 3.8) is 0 Å². The van der Waals surface area contributed by atoms with Crippen molar-refractivity contribution < 1.29 is 39.3 Å². The molecule has 0 heterocycles. The minimum absolute atomic E-state index is 0.0109. The number of ether oxygens (including phenoxy) is 1. The van der Waals surface area contributed by atoms with Gasteiger partial charge in [-0.05, 0) is 73.0 Å². The van der Waals surface area contributed by atoms with Gasteiger partial charge in [-0.2, -0.15) is 0 Å². The zero-order valence-electron chi connectivity index (χ0n) is 22.3. The summed E-state index contributed by atoms with van der Waals surface area (Å²) in [6.45, 7) is 3.18. The van der Waals surface area contributed by atoms with E-state index >= 15 is 0 Å². The number of hydrogen-bond acceptors (Lipinski definition) is 9. The number of carbonyl (C=O) groups excluding carboxylic acids is 3. The molecule has 4 aliphatic rings. The number of hydrogen-bond donors (Lipinski definition) is 2. The molecule has 3 unspecified atom stereocenters. The zero-order valence-corrected chi connectivity index (χ0v) is 22.3. The number of rotatable bonds is 7. The Morgan fingerprint density at radius 3 is 2.59 bits per heavy atom. The van der Waals surface area contributed by atoms with Gasteiger partial charge in [0.15, 0.2) is 6.61 Å². The van der Waals surface area contributed by atoms with Crippen LogP contribution in [0.4, 0.5) is 0 Å². The van der Waals surface area contributed by atoms with Gasteiger partial charge in [-0.3, -0.25) is 9.59 Å². The van der Waals surface area contributed by atoms with Crippen molar-refractivity contribution in [2.75, 3.05) is 6.61 Å². The lowest BCUT2D eigenvalue weighted by Crippen LogP contribution is -2.61. The second-order valence-electron chi connectivity index (χ2n) is 12.2. The number of esters is 1. The lowest BCUT2D eigenvalue weighted by molar-refractivity contribution is -0.763. The first-order valence-corrected chi connectivity index (χ1v) is 13.6. The molecule has 2 N–H and O–H groups in total. The maximum atomic E-state index is 13.4. The Morgan fingerprint density at radius 2 is 1.90 bits per heavy atom. The van der Waals surface area contributed by atoms with E-state index in [1.807, 2.05) is 6.92 Å². The first-order valence-electron chi connectivity index (χ1n) is 13.6. The summed E-state index contributed by atoms with van der Waals surface area (Å²) < 4.78 is 5.27. The lowest BCUT2D eigenvalue weighted by Gasteiger charge is -2.59. The first-order chi connectivity index (χ1) is 18.4. The highest BCUT2D eigenvalue weighted by molar-refractivity contribution is 5.94. The van der Waals surface area contributed by atoms with Gasteiger partial charge in [0.25, 0.3) is 5.09 Å². The summed E-state index contributed by atoms with van der Waals surface area (Å²) in [5, 5.41) is 32.7. The third kappa shape index (κ3) is 4.47. The van der Waals surface area contributed by atoms with Gasteiger partial charge in [0.2, 0.25) is 5.78 Å². The Kier molecular flexibility index (Phi) is 6.91. The first kappa shape index (κ1) is 27.5. The maximum absolute atomic E-state index is 13.4. The van der Waals surface area contributed by atoms with E-state index in [4.69, 9.17) is 4.74 Å². The van der Waals surface area contributed by atoms with Gasteiger partial charge in [-0.1, -0.05) is 37.6 Å². The molecule has 3 fully saturated rings. The normalized spacial score (nSPS) is 37.1. The summed E-state index contributed by atoms with van der Waals surface area (Å²) in [4.78, 5) is 52.8. The van der Waals surface area contributed by atoms with E-state index in [2.05, 4.69) is 17.8 Å². The van der Waals surface area contributed by atoms with Crippen LogP contribution < -0.4 is 0 Å². The molecular formula is C29H35NO9. The van der Waals surface area contributed by atoms with Crippen LogP contribution in [0.25, 0.3) is 0 Å². The van der Waals surface area contributed by atoms with Gasteiger partial charge in [0.05, 0.1) is 11.7 Å². The van der Waals surface area contributed by atoms with E-state index in [0.717, 1.165) is 5.57 Å². The molecule has 0 aromatic heterocycles. The summed E-state index contributed by atoms with van der Waals surface area (Å²) >= 11 is 0. The quantitative estimate of drug-likeness (QED) is 0.229. The summed E-state index contributed by atoms with van der Waals surface area (Å²) in [5.41, 5.74) is -1.09. The maximum Gasteiger partial charge on any atom is 0.338 e. The Bertz CT molecular complexity index is 1230. The number of benzene rings is 1. The predicted molar refractivity (Wildman–Crippen MR) is 137 cm³/mol. The van der Waals surface area contributed by atoms with Crippen LogP contribution in [0.1, 0.15) is 74.7 Å². The standard InChI is InChI=1S/C29H35NO9/c1-27-11-9-20(31)13-19(27)7-8-21-22-10-12-29(35,28(22,2)14-23(32)25(21)27)24(33)16-38-26(34)18-5-3-17(4-6-18)15-39-30(36)37/h3-7,21-23,25,32,35H,8-16H2,1-2H3/t21?,22?,23-,25?,27-,28-,29-/m0/s1. The minimum Gasteiger partial charge on any atom is -0.454 e. The van der Waals surface area contributed by atoms with E-state index in [1.54, 1.807) is 0 Å². The molecular weight excluding hydrogens is 506 g/mol. The fraction of sp³-hybridized carbons (Fsp3) is 0.621. The minimum atomic E-state index is -1.74. The number of carbonyl (C=O) groups is 3. The molecule has 0 amide bonds. The number of ketones is 2.